The molecule has 4 rings (SSSR count). The number of aromatic nitrogens is 2. The number of nitrogens with zero attached hydrogens (tertiary/aromatic N) is 2. The number of benzene rings is 3. The number of hydrogen-bond donors (Lipinski definition) is 1. The molecule has 9 heteroatoms. The number of aliphatic hydroxyl groups is 1. The Bertz CT molecular complexity index is 1340. The van der Waals surface area contributed by atoms with Gasteiger partial charge >= 0.3 is 0 Å². The van der Waals surface area contributed by atoms with E-state index in [2.05, 4.69) is 0 Å². The van der Waals surface area contributed by atoms with Crippen LogP contribution < -0.4 is 23.7 Å². The Morgan fingerprint density at radius 3 is 2.08 bits per heavy atom. The van der Waals surface area contributed by atoms with E-state index < -0.39 is 6.10 Å². The van der Waals surface area contributed by atoms with Crippen molar-refractivity contribution in [3.63, 3.8) is 0 Å². The average molecular weight is 523 g/mol. The number of para-hydroxylation sites is 2. The van der Waals surface area contributed by atoms with Crippen molar-refractivity contribution < 1.29 is 33.5 Å². The fourth-order valence-electron chi connectivity index (χ4n) is 4.43. The molecule has 0 aliphatic carbocycles. The van der Waals surface area contributed by atoms with Crippen LogP contribution in [0.1, 0.15) is 17.0 Å². The third-order valence-electron chi connectivity index (χ3n) is 6.24. The highest BCUT2D eigenvalue weighted by atomic mass is 16.5. The van der Waals surface area contributed by atoms with Gasteiger partial charge in [-0.15, -0.1) is 0 Å². The average Bonchev–Trinajstić information content (AvgIpc) is 3.28. The van der Waals surface area contributed by atoms with Gasteiger partial charge in [0.2, 0.25) is 5.75 Å². The number of aliphatic hydroxyl groups excluding tert-OH is 1. The molecule has 1 aromatic heterocycles. The lowest BCUT2D eigenvalue weighted by molar-refractivity contribution is 0.0204. The Labute approximate surface area is 222 Å². The molecule has 0 spiro atoms. The standard InChI is InChI=1S/C29H34N2O7/c1-33-24-11-10-19(12-25(24)34-2)15-28-30-22-8-6-7-9-23(22)31(28)16-21(32)18-38-17-20-13-26(35-3)29(37-5)27(14-20)36-4/h6-14,21,32H,15-18H2,1-5H3. The Morgan fingerprint density at radius 1 is 0.763 bits per heavy atom. The van der Waals surface area contributed by atoms with E-state index in [4.69, 9.17) is 33.4 Å². The summed E-state index contributed by atoms with van der Waals surface area (Å²) in [5, 5.41) is 10.9. The Morgan fingerprint density at radius 2 is 1.42 bits per heavy atom. The van der Waals surface area contributed by atoms with Crippen molar-refractivity contribution in [1.29, 1.82) is 0 Å². The van der Waals surface area contributed by atoms with Crippen molar-refractivity contribution in [2.45, 2.75) is 25.7 Å². The molecule has 1 atom stereocenters. The van der Waals surface area contributed by atoms with Gasteiger partial charge in [0.25, 0.3) is 0 Å². The molecule has 0 bridgehead atoms. The summed E-state index contributed by atoms with van der Waals surface area (Å²) < 4.78 is 34.9. The zero-order chi connectivity index (χ0) is 27.1. The van der Waals surface area contributed by atoms with Crippen LogP contribution in [0.3, 0.4) is 0 Å². The van der Waals surface area contributed by atoms with Crippen LogP contribution in [0.4, 0.5) is 0 Å². The predicted molar refractivity (Wildman–Crippen MR) is 144 cm³/mol. The van der Waals surface area contributed by atoms with E-state index in [9.17, 15) is 5.11 Å². The van der Waals surface area contributed by atoms with Crippen LogP contribution in [0.5, 0.6) is 28.7 Å². The van der Waals surface area contributed by atoms with Gasteiger partial charge in [-0.2, -0.15) is 0 Å². The summed E-state index contributed by atoms with van der Waals surface area (Å²) in [5.74, 6) is 3.79. The molecule has 0 fully saturated rings. The molecular weight excluding hydrogens is 488 g/mol. The van der Waals surface area contributed by atoms with Crippen molar-refractivity contribution in [2.24, 2.45) is 0 Å². The lowest BCUT2D eigenvalue weighted by Gasteiger charge is -2.17. The molecule has 0 amide bonds. The molecule has 1 N–H and O–H groups in total. The molecule has 202 valence electrons. The highest BCUT2D eigenvalue weighted by molar-refractivity contribution is 5.76. The molecule has 0 aliphatic rings. The maximum atomic E-state index is 10.9. The van der Waals surface area contributed by atoms with Crippen molar-refractivity contribution in [1.82, 2.24) is 9.55 Å². The summed E-state index contributed by atoms with van der Waals surface area (Å²) in [5.41, 5.74) is 3.68. The first-order valence-electron chi connectivity index (χ1n) is 12.2. The lowest BCUT2D eigenvalue weighted by atomic mass is 10.1. The third kappa shape index (κ3) is 5.95. The largest absolute Gasteiger partial charge is 0.493 e. The number of ether oxygens (including phenoxy) is 6. The summed E-state index contributed by atoms with van der Waals surface area (Å²) in [6.07, 6.45) is -0.188. The van der Waals surface area contributed by atoms with E-state index in [-0.39, 0.29) is 13.2 Å². The third-order valence-corrected chi connectivity index (χ3v) is 6.24. The fourth-order valence-corrected chi connectivity index (χ4v) is 4.43. The highest BCUT2D eigenvalue weighted by Gasteiger charge is 2.17. The fraction of sp³-hybridized carbons (Fsp3) is 0.345. The van der Waals surface area contributed by atoms with Gasteiger partial charge in [-0.25, -0.2) is 4.98 Å². The maximum absolute atomic E-state index is 10.9. The smallest absolute Gasteiger partial charge is 0.203 e. The first kappa shape index (κ1) is 27.1. The number of methoxy groups -OCH3 is 5. The van der Waals surface area contributed by atoms with Crippen molar-refractivity contribution in [2.75, 3.05) is 42.2 Å². The lowest BCUT2D eigenvalue weighted by Crippen LogP contribution is -2.23. The normalized spacial score (nSPS) is 11.8. The maximum Gasteiger partial charge on any atom is 0.203 e. The second kappa shape index (κ2) is 12.5. The number of rotatable bonds is 13. The van der Waals surface area contributed by atoms with Crippen LogP contribution in [0.2, 0.25) is 0 Å². The van der Waals surface area contributed by atoms with Gasteiger partial charge in [-0.3, -0.25) is 0 Å². The quantitative estimate of drug-likeness (QED) is 0.279. The second-order valence-corrected chi connectivity index (χ2v) is 8.70. The van der Waals surface area contributed by atoms with Gasteiger partial charge in [0, 0.05) is 6.42 Å². The summed E-state index contributed by atoms with van der Waals surface area (Å²) in [6, 6.07) is 17.4. The minimum Gasteiger partial charge on any atom is -0.493 e. The predicted octanol–water partition coefficient (Wildman–Crippen LogP) is 4.25. The molecule has 9 nitrogen and oxygen atoms in total. The molecule has 1 heterocycles. The molecule has 1 unspecified atom stereocenters. The first-order valence-corrected chi connectivity index (χ1v) is 12.2. The number of imidazole rings is 1. The van der Waals surface area contributed by atoms with E-state index >= 15 is 0 Å². The topological polar surface area (TPSA) is 93.4 Å². The molecule has 38 heavy (non-hydrogen) atoms. The van der Waals surface area contributed by atoms with Gasteiger partial charge in [-0.05, 0) is 47.5 Å². The van der Waals surface area contributed by atoms with Gasteiger partial charge in [-0.1, -0.05) is 18.2 Å². The van der Waals surface area contributed by atoms with E-state index in [0.29, 0.717) is 41.7 Å². The number of hydrogen-bond acceptors (Lipinski definition) is 8. The molecule has 0 aliphatic heterocycles. The number of fused-ring (bicyclic) bond motifs is 1. The van der Waals surface area contributed by atoms with Crippen LogP contribution in [0.25, 0.3) is 11.0 Å². The highest BCUT2D eigenvalue weighted by Crippen LogP contribution is 2.38. The van der Waals surface area contributed by atoms with Crippen molar-refractivity contribution in [3.8, 4) is 28.7 Å². The van der Waals surface area contributed by atoms with E-state index in [1.165, 1.54) is 0 Å². The Hall–Kier alpha value is -3.95. The van der Waals surface area contributed by atoms with Gasteiger partial charge in [0.15, 0.2) is 23.0 Å². The van der Waals surface area contributed by atoms with Crippen molar-refractivity contribution in [3.05, 3.63) is 71.5 Å². The van der Waals surface area contributed by atoms with Crippen LogP contribution in [-0.4, -0.2) is 62.9 Å². The SMILES string of the molecule is COc1ccc(Cc2nc3ccccc3n2CC(O)COCc2cc(OC)c(OC)c(OC)c2)cc1OC. The van der Waals surface area contributed by atoms with E-state index in [1.54, 1.807) is 35.5 Å². The van der Waals surface area contributed by atoms with Crippen LogP contribution in [-0.2, 0) is 24.3 Å². The van der Waals surface area contributed by atoms with Crippen LogP contribution in [0.15, 0.2) is 54.6 Å². The van der Waals surface area contributed by atoms with E-state index in [0.717, 1.165) is 28.0 Å². The van der Waals surface area contributed by atoms with Crippen LogP contribution >= 0.6 is 0 Å². The zero-order valence-corrected chi connectivity index (χ0v) is 22.4. The molecular formula is C29H34N2O7. The first-order chi connectivity index (χ1) is 18.5. The minimum absolute atomic E-state index is 0.138. The molecule has 0 radical (unpaired) electrons. The Balaban J connectivity index is 1.48. The summed E-state index contributed by atoms with van der Waals surface area (Å²) in [6.45, 7) is 0.744. The summed E-state index contributed by atoms with van der Waals surface area (Å²) in [7, 11) is 7.93. The van der Waals surface area contributed by atoms with Crippen molar-refractivity contribution >= 4 is 11.0 Å². The second-order valence-electron chi connectivity index (χ2n) is 8.70. The summed E-state index contributed by atoms with van der Waals surface area (Å²) >= 11 is 0. The molecule has 0 saturated carbocycles. The minimum atomic E-state index is -0.751. The monoisotopic (exact) mass is 522 g/mol. The van der Waals surface area contributed by atoms with Crippen LogP contribution in [0, 0.1) is 0 Å². The zero-order valence-electron chi connectivity index (χ0n) is 22.4. The summed E-state index contributed by atoms with van der Waals surface area (Å²) in [4.78, 5) is 4.84. The molecule has 3 aromatic carbocycles. The van der Waals surface area contributed by atoms with Gasteiger partial charge in [0.05, 0.1) is 72.4 Å². The molecule has 4 aromatic rings. The van der Waals surface area contributed by atoms with Gasteiger partial charge < -0.3 is 38.1 Å². The van der Waals surface area contributed by atoms with E-state index in [1.807, 2.05) is 59.2 Å². The Kier molecular flexibility index (Phi) is 8.93. The van der Waals surface area contributed by atoms with Gasteiger partial charge in [0.1, 0.15) is 5.82 Å². The molecule has 0 saturated heterocycles.